The zero-order chi connectivity index (χ0) is 15.7. The zero-order valence-corrected chi connectivity index (χ0v) is 13.7. The smallest absolute Gasteiger partial charge is 0.354 e. The number of carbonyl (C=O) groups is 1. The largest absolute Gasteiger partial charge is 0.477 e. The van der Waals surface area contributed by atoms with Crippen molar-refractivity contribution in [2.45, 2.75) is 78.6 Å². The number of aromatic nitrogens is 1. The monoisotopic (exact) mass is 291 g/mol. The van der Waals surface area contributed by atoms with Crippen molar-refractivity contribution in [1.29, 1.82) is 0 Å². The maximum Gasteiger partial charge on any atom is 0.354 e. The summed E-state index contributed by atoms with van der Waals surface area (Å²) in [5.41, 5.74) is 3.80. The van der Waals surface area contributed by atoms with Crippen LogP contribution in [0.25, 0.3) is 0 Å². The standard InChI is InChI=1S/C18H29NO2/c1-4-7-10-14-13-19-17(18(20)21)16(12-9-6-3)15(14)11-8-5-2/h13H,4-12H2,1-3H3,(H,20,21). The topological polar surface area (TPSA) is 50.2 Å². The number of aromatic carboxylic acids is 1. The van der Waals surface area contributed by atoms with Crippen LogP contribution in [-0.2, 0) is 19.3 Å². The fourth-order valence-electron chi connectivity index (χ4n) is 2.69. The van der Waals surface area contributed by atoms with Gasteiger partial charge in [-0.05, 0) is 55.2 Å². The molecule has 0 saturated heterocycles. The lowest BCUT2D eigenvalue weighted by atomic mass is 9.91. The van der Waals surface area contributed by atoms with Crippen LogP contribution in [0.15, 0.2) is 6.20 Å². The Kier molecular flexibility index (Phi) is 8.03. The molecule has 1 aromatic rings. The van der Waals surface area contributed by atoms with Crippen molar-refractivity contribution < 1.29 is 9.90 Å². The summed E-state index contributed by atoms with van der Waals surface area (Å²) in [4.78, 5) is 15.7. The van der Waals surface area contributed by atoms with Crippen molar-refractivity contribution in [2.24, 2.45) is 0 Å². The van der Waals surface area contributed by atoms with Gasteiger partial charge in [0.2, 0.25) is 0 Å². The summed E-state index contributed by atoms with van der Waals surface area (Å²) >= 11 is 0. The minimum absolute atomic E-state index is 0.273. The zero-order valence-electron chi connectivity index (χ0n) is 13.7. The summed E-state index contributed by atoms with van der Waals surface area (Å²) in [5, 5.41) is 9.42. The quantitative estimate of drug-likeness (QED) is 0.673. The average Bonchev–Trinajstić information content (AvgIpc) is 2.48. The van der Waals surface area contributed by atoms with Crippen molar-refractivity contribution >= 4 is 5.97 Å². The fraction of sp³-hybridized carbons (Fsp3) is 0.667. The molecule has 0 bridgehead atoms. The van der Waals surface area contributed by atoms with Crippen molar-refractivity contribution in [1.82, 2.24) is 4.98 Å². The van der Waals surface area contributed by atoms with Gasteiger partial charge in [0.15, 0.2) is 5.69 Å². The normalized spacial score (nSPS) is 10.8. The minimum atomic E-state index is -0.888. The molecule has 0 amide bonds. The van der Waals surface area contributed by atoms with E-state index in [1.54, 1.807) is 6.20 Å². The Morgan fingerprint density at radius 2 is 1.48 bits per heavy atom. The maximum absolute atomic E-state index is 11.5. The second-order valence-electron chi connectivity index (χ2n) is 5.70. The Bertz CT molecular complexity index is 455. The molecular formula is C18H29NO2. The predicted molar refractivity (Wildman–Crippen MR) is 87.0 cm³/mol. The van der Waals surface area contributed by atoms with E-state index in [4.69, 9.17) is 0 Å². The van der Waals surface area contributed by atoms with E-state index >= 15 is 0 Å². The summed E-state index contributed by atoms with van der Waals surface area (Å²) in [7, 11) is 0. The van der Waals surface area contributed by atoms with Gasteiger partial charge in [-0.15, -0.1) is 0 Å². The number of aryl methyl sites for hydroxylation is 1. The van der Waals surface area contributed by atoms with Crippen LogP contribution in [0.5, 0.6) is 0 Å². The number of pyridine rings is 1. The molecule has 0 atom stereocenters. The van der Waals surface area contributed by atoms with Gasteiger partial charge in [0.1, 0.15) is 0 Å². The first-order chi connectivity index (χ1) is 10.2. The van der Waals surface area contributed by atoms with Crippen molar-refractivity contribution in [3.8, 4) is 0 Å². The number of carboxylic acids is 1. The lowest BCUT2D eigenvalue weighted by Gasteiger charge is -2.16. The predicted octanol–water partition coefficient (Wildman–Crippen LogP) is 4.81. The summed E-state index contributed by atoms with van der Waals surface area (Å²) in [6.45, 7) is 6.50. The Morgan fingerprint density at radius 3 is 2.00 bits per heavy atom. The van der Waals surface area contributed by atoms with E-state index in [1.165, 1.54) is 11.1 Å². The molecule has 1 N–H and O–H groups in total. The molecule has 0 unspecified atom stereocenters. The first kappa shape index (κ1) is 17.7. The lowest BCUT2D eigenvalue weighted by molar-refractivity contribution is 0.0689. The molecule has 0 aliphatic carbocycles. The van der Waals surface area contributed by atoms with Crippen LogP contribution < -0.4 is 0 Å². The van der Waals surface area contributed by atoms with E-state index in [9.17, 15) is 9.90 Å². The minimum Gasteiger partial charge on any atom is -0.477 e. The van der Waals surface area contributed by atoms with Crippen LogP contribution in [-0.4, -0.2) is 16.1 Å². The molecule has 0 saturated carbocycles. The third-order valence-electron chi connectivity index (χ3n) is 3.95. The fourth-order valence-corrected chi connectivity index (χ4v) is 2.69. The lowest BCUT2D eigenvalue weighted by Crippen LogP contribution is -2.12. The molecule has 3 heteroatoms. The highest BCUT2D eigenvalue weighted by Gasteiger charge is 2.18. The first-order valence-corrected chi connectivity index (χ1v) is 8.38. The Hall–Kier alpha value is -1.38. The number of hydrogen-bond acceptors (Lipinski definition) is 2. The molecule has 0 aliphatic heterocycles. The average molecular weight is 291 g/mol. The Balaban J connectivity index is 3.22. The Labute approximate surface area is 128 Å². The van der Waals surface area contributed by atoms with Gasteiger partial charge in [-0.2, -0.15) is 0 Å². The highest BCUT2D eigenvalue weighted by atomic mass is 16.4. The van der Waals surface area contributed by atoms with Gasteiger partial charge in [-0.25, -0.2) is 9.78 Å². The van der Waals surface area contributed by atoms with Crippen molar-refractivity contribution in [2.75, 3.05) is 0 Å². The first-order valence-electron chi connectivity index (χ1n) is 8.38. The maximum atomic E-state index is 11.5. The van der Waals surface area contributed by atoms with Gasteiger partial charge in [0.25, 0.3) is 0 Å². The number of unbranched alkanes of at least 4 members (excludes halogenated alkanes) is 3. The van der Waals surface area contributed by atoms with Crippen molar-refractivity contribution in [3.63, 3.8) is 0 Å². The van der Waals surface area contributed by atoms with Gasteiger partial charge in [-0.1, -0.05) is 40.0 Å². The molecule has 0 spiro atoms. The van der Waals surface area contributed by atoms with Crippen LogP contribution in [0.1, 0.15) is 86.5 Å². The van der Waals surface area contributed by atoms with Gasteiger partial charge < -0.3 is 5.11 Å². The van der Waals surface area contributed by atoms with E-state index in [0.717, 1.165) is 63.4 Å². The third-order valence-corrected chi connectivity index (χ3v) is 3.95. The number of nitrogens with zero attached hydrogens (tertiary/aromatic N) is 1. The second kappa shape index (κ2) is 9.54. The molecule has 118 valence electrons. The van der Waals surface area contributed by atoms with Gasteiger partial charge >= 0.3 is 5.97 Å². The molecule has 1 heterocycles. The number of rotatable bonds is 10. The molecular weight excluding hydrogens is 262 g/mol. The highest BCUT2D eigenvalue weighted by Crippen LogP contribution is 2.23. The number of carboxylic acid groups (broad SMARTS) is 1. The van der Waals surface area contributed by atoms with Gasteiger partial charge in [0, 0.05) is 6.20 Å². The molecule has 1 aromatic heterocycles. The van der Waals surface area contributed by atoms with E-state index in [2.05, 4.69) is 25.8 Å². The Morgan fingerprint density at radius 1 is 0.952 bits per heavy atom. The van der Waals surface area contributed by atoms with E-state index in [1.807, 2.05) is 0 Å². The molecule has 21 heavy (non-hydrogen) atoms. The van der Waals surface area contributed by atoms with E-state index in [0.29, 0.717) is 0 Å². The van der Waals surface area contributed by atoms with Crippen LogP contribution in [0.3, 0.4) is 0 Å². The second-order valence-corrected chi connectivity index (χ2v) is 5.70. The summed E-state index contributed by atoms with van der Waals surface area (Å²) < 4.78 is 0. The van der Waals surface area contributed by atoms with Gasteiger partial charge in [-0.3, -0.25) is 0 Å². The van der Waals surface area contributed by atoms with Gasteiger partial charge in [0.05, 0.1) is 0 Å². The van der Waals surface area contributed by atoms with Crippen LogP contribution in [0.4, 0.5) is 0 Å². The molecule has 0 radical (unpaired) electrons. The van der Waals surface area contributed by atoms with Crippen LogP contribution in [0, 0.1) is 0 Å². The van der Waals surface area contributed by atoms with Crippen LogP contribution >= 0.6 is 0 Å². The molecule has 1 rings (SSSR count). The highest BCUT2D eigenvalue weighted by molar-refractivity contribution is 5.87. The molecule has 3 nitrogen and oxygen atoms in total. The molecule has 0 aromatic carbocycles. The molecule has 0 fully saturated rings. The summed E-state index contributed by atoms with van der Waals surface area (Å²) in [5.74, 6) is -0.888. The number of hydrogen-bond donors (Lipinski definition) is 1. The third kappa shape index (κ3) is 5.14. The van der Waals surface area contributed by atoms with E-state index in [-0.39, 0.29) is 5.69 Å². The summed E-state index contributed by atoms with van der Waals surface area (Å²) in [6.07, 6.45) is 11.3. The van der Waals surface area contributed by atoms with Crippen molar-refractivity contribution in [3.05, 3.63) is 28.6 Å². The van der Waals surface area contributed by atoms with Crippen LogP contribution in [0.2, 0.25) is 0 Å². The van der Waals surface area contributed by atoms with E-state index < -0.39 is 5.97 Å². The SMILES string of the molecule is CCCCc1cnc(C(=O)O)c(CCCC)c1CCCC. The summed E-state index contributed by atoms with van der Waals surface area (Å²) in [6, 6.07) is 0. The molecule has 0 aliphatic rings.